The smallest absolute Gasteiger partial charge is 0.162 e. The number of hydrogen-bond acceptors (Lipinski definition) is 4. The molecule has 1 aromatic heterocycles. The van der Waals surface area contributed by atoms with E-state index in [1.807, 2.05) is 54.6 Å². The number of methoxy groups -OCH3 is 2. The van der Waals surface area contributed by atoms with E-state index in [0.29, 0.717) is 11.5 Å². The average Bonchev–Trinajstić information content (AvgIpc) is 2.70. The van der Waals surface area contributed by atoms with Gasteiger partial charge in [-0.3, -0.25) is 0 Å². The molecule has 0 fully saturated rings. The second kappa shape index (κ2) is 6.56. The molecule has 0 aliphatic heterocycles. The van der Waals surface area contributed by atoms with Gasteiger partial charge in [-0.25, -0.2) is 4.98 Å². The molecule has 4 rings (SSSR count). The van der Waals surface area contributed by atoms with Crippen LogP contribution in [0.2, 0.25) is 0 Å². The summed E-state index contributed by atoms with van der Waals surface area (Å²) < 4.78 is 10.8. The van der Waals surface area contributed by atoms with Crippen LogP contribution in [0.15, 0.2) is 66.7 Å². The van der Waals surface area contributed by atoms with E-state index in [1.54, 1.807) is 14.2 Å². The highest BCUT2D eigenvalue weighted by Gasteiger charge is 2.15. The first kappa shape index (κ1) is 16.2. The van der Waals surface area contributed by atoms with Gasteiger partial charge in [0.05, 0.1) is 30.9 Å². The zero-order valence-corrected chi connectivity index (χ0v) is 15.1. The molecule has 1 heterocycles. The lowest BCUT2D eigenvalue weighted by molar-refractivity contribution is 0.355. The number of ether oxygens (including phenoxy) is 2. The van der Waals surface area contributed by atoms with Crippen molar-refractivity contribution in [3.05, 3.63) is 66.7 Å². The summed E-state index contributed by atoms with van der Waals surface area (Å²) in [6.45, 7) is 0. The number of hydrogen-bond donors (Lipinski definition) is 0. The summed E-state index contributed by atoms with van der Waals surface area (Å²) in [6.07, 6.45) is 0. The maximum atomic E-state index is 5.47. The van der Waals surface area contributed by atoms with Crippen molar-refractivity contribution >= 4 is 33.2 Å². The Hall–Kier alpha value is -3.27. The van der Waals surface area contributed by atoms with Crippen LogP contribution in [-0.4, -0.2) is 26.3 Å². The zero-order valence-electron chi connectivity index (χ0n) is 15.1. The number of anilines is 2. The molecule has 0 atom stereocenters. The van der Waals surface area contributed by atoms with Gasteiger partial charge in [-0.2, -0.15) is 0 Å². The number of para-hydroxylation sites is 2. The molecule has 0 aliphatic rings. The van der Waals surface area contributed by atoms with Gasteiger partial charge in [0, 0.05) is 29.6 Å². The maximum Gasteiger partial charge on any atom is 0.162 e. The monoisotopic (exact) mass is 344 g/mol. The third kappa shape index (κ3) is 2.60. The van der Waals surface area contributed by atoms with E-state index in [0.717, 1.165) is 33.2 Å². The molecular formula is C22H20N2O2. The van der Waals surface area contributed by atoms with E-state index < -0.39 is 0 Å². The number of aromatic nitrogens is 1. The van der Waals surface area contributed by atoms with Crippen LogP contribution in [0.4, 0.5) is 11.4 Å². The Morgan fingerprint density at radius 2 is 1.31 bits per heavy atom. The van der Waals surface area contributed by atoms with Crippen molar-refractivity contribution in [1.82, 2.24) is 4.98 Å². The maximum absolute atomic E-state index is 5.47. The Bertz CT molecular complexity index is 1040. The summed E-state index contributed by atoms with van der Waals surface area (Å²) in [7, 11) is 5.36. The predicted molar refractivity (Wildman–Crippen MR) is 107 cm³/mol. The van der Waals surface area contributed by atoms with Crippen LogP contribution in [0.3, 0.4) is 0 Å². The van der Waals surface area contributed by atoms with Crippen LogP contribution >= 0.6 is 0 Å². The predicted octanol–water partition coefficient (Wildman–Crippen LogP) is 5.17. The van der Waals surface area contributed by atoms with Crippen LogP contribution in [0, 0.1) is 0 Å². The molecule has 3 aromatic carbocycles. The van der Waals surface area contributed by atoms with Crippen molar-refractivity contribution in [2.24, 2.45) is 0 Å². The Kier molecular flexibility index (Phi) is 4.09. The minimum Gasteiger partial charge on any atom is -0.493 e. The fourth-order valence-electron chi connectivity index (χ4n) is 3.34. The zero-order chi connectivity index (χ0) is 18.1. The number of pyridine rings is 1. The largest absolute Gasteiger partial charge is 0.493 e. The number of fused-ring (bicyclic) bond motifs is 2. The van der Waals surface area contributed by atoms with Crippen LogP contribution in [0.25, 0.3) is 21.8 Å². The van der Waals surface area contributed by atoms with E-state index in [-0.39, 0.29) is 0 Å². The van der Waals surface area contributed by atoms with Crippen molar-refractivity contribution in [1.29, 1.82) is 0 Å². The SMILES string of the molecule is COc1ccc(N(C)c2c3ccccc3nc3ccccc23)cc1OC. The second-order valence-electron chi connectivity index (χ2n) is 6.09. The minimum atomic E-state index is 0.708. The Morgan fingerprint density at radius 1 is 0.731 bits per heavy atom. The van der Waals surface area contributed by atoms with Gasteiger partial charge in [0.15, 0.2) is 11.5 Å². The molecule has 0 spiro atoms. The highest BCUT2D eigenvalue weighted by atomic mass is 16.5. The minimum absolute atomic E-state index is 0.708. The first-order valence-corrected chi connectivity index (χ1v) is 8.46. The number of rotatable bonds is 4. The van der Waals surface area contributed by atoms with E-state index >= 15 is 0 Å². The fraction of sp³-hybridized carbons (Fsp3) is 0.136. The Balaban J connectivity index is 1.97. The number of benzene rings is 3. The molecule has 4 nitrogen and oxygen atoms in total. The van der Waals surface area contributed by atoms with Crippen molar-refractivity contribution in [3.63, 3.8) is 0 Å². The normalized spacial score (nSPS) is 10.9. The summed E-state index contributed by atoms with van der Waals surface area (Å²) in [6, 6.07) is 22.4. The van der Waals surface area contributed by atoms with Gasteiger partial charge in [0.2, 0.25) is 0 Å². The van der Waals surface area contributed by atoms with Gasteiger partial charge >= 0.3 is 0 Å². The lowest BCUT2D eigenvalue weighted by atomic mass is 10.1. The molecule has 4 aromatic rings. The molecular weight excluding hydrogens is 324 g/mol. The molecule has 0 unspecified atom stereocenters. The Labute approximate surface area is 152 Å². The lowest BCUT2D eigenvalue weighted by Gasteiger charge is -2.24. The average molecular weight is 344 g/mol. The van der Waals surface area contributed by atoms with Crippen molar-refractivity contribution in [3.8, 4) is 11.5 Å². The highest BCUT2D eigenvalue weighted by molar-refractivity contribution is 6.09. The van der Waals surface area contributed by atoms with Gasteiger partial charge in [0.25, 0.3) is 0 Å². The van der Waals surface area contributed by atoms with Crippen LogP contribution in [-0.2, 0) is 0 Å². The lowest BCUT2D eigenvalue weighted by Crippen LogP contribution is -2.11. The summed E-state index contributed by atoms with van der Waals surface area (Å²) in [5.74, 6) is 1.42. The third-order valence-electron chi connectivity index (χ3n) is 4.65. The standard InChI is InChI=1S/C22H20N2O2/c1-24(15-12-13-20(25-2)21(14-15)26-3)22-16-8-4-6-10-18(16)23-19-11-7-5-9-17(19)22/h4-14H,1-3H3. The molecule has 4 heteroatoms. The quantitative estimate of drug-likeness (QED) is 0.478. The Morgan fingerprint density at radius 3 is 1.88 bits per heavy atom. The van der Waals surface area contributed by atoms with E-state index in [1.165, 1.54) is 0 Å². The van der Waals surface area contributed by atoms with Crippen LogP contribution in [0.5, 0.6) is 11.5 Å². The van der Waals surface area contributed by atoms with E-state index in [2.05, 4.69) is 24.1 Å². The van der Waals surface area contributed by atoms with E-state index in [9.17, 15) is 0 Å². The number of nitrogens with zero attached hydrogens (tertiary/aromatic N) is 2. The molecule has 0 N–H and O–H groups in total. The molecule has 0 saturated heterocycles. The van der Waals surface area contributed by atoms with Gasteiger partial charge in [0.1, 0.15) is 0 Å². The second-order valence-corrected chi connectivity index (χ2v) is 6.09. The summed E-state index contributed by atoms with van der Waals surface area (Å²) >= 11 is 0. The van der Waals surface area contributed by atoms with Crippen molar-refractivity contribution < 1.29 is 9.47 Å². The molecule has 0 saturated carbocycles. The van der Waals surface area contributed by atoms with Gasteiger partial charge in [-0.15, -0.1) is 0 Å². The summed E-state index contributed by atoms with van der Waals surface area (Å²) in [4.78, 5) is 6.98. The van der Waals surface area contributed by atoms with Crippen LogP contribution in [0.1, 0.15) is 0 Å². The van der Waals surface area contributed by atoms with Gasteiger partial charge < -0.3 is 14.4 Å². The molecule has 0 aliphatic carbocycles. The first-order valence-electron chi connectivity index (χ1n) is 8.46. The summed E-state index contributed by atoms with van der Waals surface area (Å²) in [5, 5.41) is 2.23. The van der Waals surface area contributed by atoms with Crippen molar-refractivity contribution in [2.45, 2.75) is 0 Å². The third-order valence-corrected chi connectivity index (χ3v) is 4.65. The van der Waals surface area contributed by atoms with Crippen LogP contribution < -0.4 is 14.4 Å². The first-order chi connectivity index (χ1) is 12.7. The molecule has 0 amide bonds. The highest BCUT2D eigenvalue weighted by Crippen LogP contribution is 2.39. The molecule has 130 valence electrons. The molecule has 26 heavy (non-hydrogen) atoms. The fourth-order valence-corrected chi connectivity index (χ4v) is 3.34. The van der Waals surface area contributed by atoms with Gasteiger partial charge in [-0.1, -0.05) is 36.4 Å². The molecule has 0 bridgehead atoms. The van der Waals surface area contributed by atoms with Gasteiger partial charge in [-0.05, 0) is 24.3 Å². The van der Waals surface area contributed by atoms with Crippen molar-refractivity contribution in [2.75, 3.05) is 26.2 Å². The molecule has 0 radical (unpaired) electrons. The summed E-state index contributed by atoms with van der Waals surface area (Å²) in [5.41, 5.74) is 4.10. The van der Waals surface area contributed by atoms with E-state index in [4.69, 9.17) is 14.5 Å². The topological polar surface area (TPSA) is 34.6 Å².